The summed E-state index contributed by atoms with van der Waals surface area (Å²) in [6, 6.07) is 0. The van der Waals surface area contributed by atoms with Gasteiger partial charge in [0.25, 0.3) is 0 Å². The third kappa shape index (κ3) is 70.5. The number of hydrogen-bond acceptors (Lipinski definition) is 15. The van der Waals surface area contributed by atoms with Crippen LogP contribution in [0.5, 0.6) is 0 Å². The van der Waals surface area contributed by atoms with Crippen molar-refractivity contribution in [3.8, 4) is 0 Å². The Bertz CT molecular complexity index is 1830. The highest BCUT2D eigenvalue weighted by molar-refractivity contribution is 7.47. The SMILES string of the molecule is CCCCCCCCCCCCCCCCCCCCCCCC(=O)O[C@H](COC(=O)CCCCCCCCCCCCCCCCCCCCC)COP(=O)(O)OC[C@@H](O)COP(=O)(O)OC[C@@H](COC(=O)CCCCCCCCC)OC(=O)CCCCCCCCCCC. The molecule has 0 aromatic heterocycles. The summed E-state index contributed by atoms with van der Waals surface area (Å²) in [7, 11) is -9.90. The normalized spacial score (nSPS) is 13.9. The van der Waals surface area contributed by atoms with Crippen LogP contribution in [0.15, 0.2) is 0 Å². The molecule has 570 valence electrons. The summed E-state index contributed by atoms with van der Waals surface area (Å²) in [6.07, 6.45) is 62.9. The number of phosphoric ester groups is 2. The number of carbonyl (C=O) groups excluding carboxylic acids is 4. The maximum Gasteiger partial charge on any atom is 0.472 e. The van der Waals surface area contributed by atoms with Crippen molar-refractivity contribution in [2.24, 2.45) is 0 Å². The molecule has 0 aromatic rings. The Morgan fingerprint density at radius 3 is 0.615 bits per heavy atom. The predicted molar refractivity (Wildman–Crippen MR) is 391 cm³/mol. The van der Waals surface area contributed by atoms with Gasteiger partial charge < -0.3 is 33.8 Å². The van der Waals surface area contributed by atoms with Gasteiger partial charge in [0.05, 0.1) is 26.4 Å². The van der Waals surface area contributed by atoms with Gasteiger partial charge in [-0.2, -0.15) is 0 Å². The Labute approximate surface area is 588 Å². The minimum Gasteiger partial charge on any atom is -0.462 e. The van der Waals surface area contributed by atoms with Gasteiger partial charge in [-0.05, 0) is 25.7 Å². The molecule has 0 rings (SSSR count). The van der Waals surface area contributed by atoms with Crippen LogP contribution in [0.4, 0.5) is 0 Å². The summed E-state index contributed by atoms with van der Waals surface area (Å²) in [5.74, 6) is -2.12. The van der Waals surface area contributed by atoms with Gasteiger partial charge in [-0.3, -0.25) is 37.3 Å². The van der Waals surface area contributed by atoms with Crippen molar-refractivity contribution in [2.75, 3.05) is 39.6 Å². The lowest BCUT2D eigenvalue weighted by atomic mass is 10.0. The van der Waals surface area contributed by atoms with Crippen LogP contribution < -0.4 is 0 Å². The second-order valence-electron chi connectivity index (χ2n) is 27.7. The van der Waals surface area contributed by atoms with Crippen molar-refractivity contribution in [3.63, 3.8) is 0 Å². The molecule has 0 saturated carbocycles. The number of esters is 4. The number of aliphatic hydroxyl groups is 1. The molecule has 96 heavy (non-hydrogen) atoms. The number of phosphoric acid groups is 2. The monoisotopic (exact) mass is 1410 g/mol. The molecule has 0 spiro atoms. The number of ether oxygens (including phenoxy) is 4. The standard InChI is InChI=1S/C77H150O17P2/c1-5-9-13-17-21-24-26-28-30-32-34-35-37-39-41-43-45-48-52-56-60-64-77(82)94-73(68-88-75(80)62-58-54-50-47-44-42-40-38-36-33-31-29-27-25-22-18-14-10-6-2)70-92-96(85,86)90-66-71(78)65-89-95(83,84)91-69-72(67-87-74(79)61-57-53-49-20-16-12-8-4)93-76(81)63-59-55-51-46-23-19-15-11-7-3/h71-73,78H,5-70H2,1-4H3,(H,83,84)(H,85,86)/t71-,72+,73+/m0/s1. The fourth-order valence-electron chi connectivity index (χ4n) is 11.9. The lowest BCUT2D eigenvalue weighted by Crippen LogP contribution is -2.30. The summed E-state index contributed by atoms with van der Waals surface area (Å²) in [5.41, 5.74) is 0. The Balaban J connectivity index is 5.12. The van der Waals surface area contributed by atoms with E-state index in [1.54, 1.807) is 0 Å². The van der Waals surface area contributed by atoms with Crippen LogP contribution in [0.2, 0.25) is 0 Å². The molecule has 0 amide bonds. The summed E-state index contributed by atoms with van der Waals surface area (Å²) < 4.78 is 68.3. The Morgan fingerprint density at radius 2 is 0.417 bits per heavy atom. The van der Waals surface area contributed by atoms with E-state index in [0.717, 1.165) is 103 Å². The Morgan fingerprint density at radius 1 is 0.250 bits per heavy atom. The highest BCUT2D eigenvalue weighted by Gasteiger charge is 2.30. The topological polar surface area (TPSA) is 237 Å². The molecule has 0 fully saturated rings. The molecule has 19 heteroatoms. The minimum atomic E-state index is -4.96. The molecule has 0 radical (unpaired) electrons. The molecule has 0 aliphatic carbocycles. The van der Waals surface area contributed by atoms with Gasteiger partial charge in [0.1, 0.15) is 19.3 Å². The first-order valence-electron chi connectivity index (χ1n) is 40.3. The molecule has 17 nitrogen and oxygen atoms in total. The number of carbonyl (C=O) groups is 4. The molecule has 0 aromatic carbocycles. The summed E-state index contributed by atoms with van der Waals surface area (Å²) in [6.45, 7) is 4.93. The van der Waals surface area contributed by atoms with Gasteiger partial charge in [0.15, 0.2) is 12.2 Å². The van der Waals surface area contributed by atoms with E-state index in [2.05, 4.69) is 27.7 Å². The van der Waals surface area contributed by atoms with Crippen molar-refractivity contribution in [1.82, 2.24) is 0 Å². The van der Waals surface area contributed by atoms with Crippen LogP contribution in [0.25, 0.3) is 0 Å². The van der Waals surface area contributed by atoms with Crippen LogP contribution in [0.3, 0.4) is 0 Å². The molecule has 0 aliphatic heterocycles. The second-order valence-corrected chi connectivity index (χ2v) is 30.7. The van der Waals surface area contributed by atoms with Gasteiger partial charge in [-0.15, -0.1) is 0 Å². The minimum absolute atomic E-state index is 0.106. The average Bonchev–Trinajstić information content (AvgIpc) is 1.22. The van der Waals surface area contributed by atoms with Crippen LogP contribution in [-0.2, 0) is 65.4 Å². The van der Waals surface area contributed by atoms with Crippen LogP contribution in [0.1, 0.15) is 413 Å². The van der Waals surface area contributed by atoms with E-state index >= 15 is 0 Å². The Kier molecular flexibility index (Phi) is 70.0. The zero-order valence-corrected chi connectivity index (χ0v) is 64.1. The van der Waals surface area contributed by atoms with Crippen LogP contribution in [-0.4, -0.2) is 96.7 Å². The third-order valence-corrected chi connectivity index (χ3v) is 20.0. The maximum absolute atomic E-state index is 13.1. The largest absolute Gasteiger partial charge is 0.472 e. The van der Waals surface area contributed by atoms with Crippen LogP contribution >= 0.6 is 15.6 Å². The molecule has 2 unspecified atom stereocenters. The summed E-state index contributed by atoms with van der Waals surface area (Å²) >= 11 is 0. The quantitative estimate of drug-likeness (QED) is 0.0222. The molecular formula is C77H150O17P2. The zero-order valence-electron chi connectivity index (χ0n) is 62.4. The third-order valence-electron chi connectivity index (χ3n) is 18.1. The molecule has 0 bridgehead atoms. The first-order chi connectivity index (χ1) is 46.7. The first-order valence-corrected chi connectivity index (χ1v) is 43.3. The number of rotatable bonds is 78. The summed E-state index contributed by atoms with van der Waals surface area (Å²) in [4.78, 5) is 72.6. The Hall–Kier alpha value is -1.94. The van der Waals surface area contributed by atoms with E-state index < -0.39 is 97.5 Å². The highest BCUT2D eigenvalue weighted by Crippen LogP contribution is 2.45. The van der Waals surface area contributed by atoms with Crippen molar-refractivity contribution >= 4 is 39.5 Å². The first kappa shape index (κ1) is 94.1. The van der Waals surface area contributed by atoms with Gasteiger partial charge >= 0.3 is 39.5 Å². The van der Waals surface area contributed by atoms with E-state index in [1.807, 2.05) is 0 Å². The fourth-order valence-corrected chi connectivity index (χ4v) is 13.5. The van der Waals surface area contributed by atoms with Gasteiger partial charge in [-0.1, -0.05) is 362 Å². The zero-order chi connectivity index (χ0) is 70.4. The van der Waals surface area contributed by atoms with E-state index in [0.29, 0.717) is 25.7 Å². The molecule has 0 heterocycles. The fraction of sp³-hybridized carbons (Fsp3) is 0.948. The number of aliphatic hydroxyl groups excluding tert-OH is 1. The van der Waals surface area contributed by atoms with Crippen molar-refractivity contribution in [3.05, 3.63) is 0 Å². The van der Waals surface area contributed by atoms with Gasteiger partial charge in [0, 0.05) is 25.7 Å². The molecular weight excluding hydrogens is 1260 g/mol. The van der Waals surface area contributed by atoms with Crippen molar-refractivity contribution in [2.45, 2.75) is 431 Å². The lowest BCUT2D eigenvalue weighted by Gasteiger charge is -2.21. The summed E-state index contributed by atoms with van der Waals surface area (Å²) in [5, 5.41) is 10.6. The van der Waals surface area contributed by atoms with Crippen LogP contribution in [0, 0.1) is 0 Å². The van der Waals surface area contributed by atoms with Gasteiger partial charge in [-0.25, -0.2) is 9.13 Å². The van der Waals surface area contributed by atoms with E-state index in [1.165, 1.54) is 231 Å². The number of hydrogen-bond donors (Lipinski definition) is 3. The predicted octanol–water partition coefficient (Wildman–Crippen LogP) is 23.0. The van der Waals surface area contributed by atoms with Gasteiger partial charge in [0.2, 0.25) is 0 Å². The lowest BCUT2D eigenvalue weighted by molar-refractivity contribution is -0.161. The molecule has 3 N–H and O–H groups in total. The van der Waals surface area contributed by atoms with E-state index in [9.17, 15) is 43.2 Å². The molecule has 0 aliphatic rings. The highest BCUT2D eigenvalue weighted by atomic mass is 31.2. The maximum atomic E-state index is 13.1. The van der Waals surface area contributed by atoms with E-state index in [4.69, 9.17) is 37.0 Å². The van der Waals surface area contributed by atoms with E-state index in [-0.39, 0.29) is 25.7 Å². The average molecular weight is 1410 g/mol. The molecule has 5 atom stereocenters. The smallest absolute Gasteiger partial charge is 0.462 e. The van der Waals surface area contributed by atoms with Crippen molar-refractivity contribution < 1.29 is 80.2 Å². The second kappa shape index (κ2) is 71.5. The van der Waals surface area contributed by atoms with Crippen molar-refractivity contribution in [1.29, 1.82) is 0 Å². The number of unbranched alkanes of at least 4 members (excludes halogenated alkanes) is 52. The molecule has 0 saturated heterocycles.